The molecule has 110 valence electrons. The van der Waals surface area contributed by atoms with E-state index in [9.17, 15) is 0 Å². The van der Waals surface area contributed by atoms with Crippen LogP contribution in [-0.4, -0.2) is 23.3 Å². The number of halogens is 1. The topological polar surface area (TPSA) is 82.6 Å². The van der Waals surface area contributed by atoms with E-state index in [-0.39, 0.29) is 11.7 Å². The lowest BCUT2D eigenvalue weighted by molar-refractivity contribution is 0.215. The summed E-state index contributed by atoms with van der Waals surface area (Å²) >= 11 is 6.19. The highest BCUT2D eigenvalue weighted by atomic mass is 35.5. The van der Waals surface area contributed by atoms with Gasteiger partial charge in [0.15, 0.2) is 0 Å². The molecule has 1 aromatic carbocycles. The van der Waals surface area contributed by atoms with E-state index >= 15 is 0 Å². The number of aromatic nitrogens is 2. The van der Waals surface area contributed by atoms with Crippen molar-refractivity contribution in [2.45, 2.75) is 13.8 Å². The number of rotatable bonds is 4. The van der Waals surface area contributed by atoms with Crippen LogP contribution in [-0.2, 0) is 4.84 Å². The van der Waals surface area contributed by atoms with Crippen molar-refractivity contribution < 1.29 is 9.57 Å². The van der Waals surface area contributed by atoms with E-state index < -0.39 is 0 Å². The fraction of sp³-hybridized carbons (Fsp3) is 0.214. The highest BCUT2D eigenvalue weighted by molar-refractivity contribution is 6.32. The Morgan fingerprint density at radius 1 is 1.24 bits per heavy atom. The number of ether oxygens (including phenoxy) is 1. The minimum atomic E-state index is 0.237. The first-order valence-electron chi connectivity index (χ1n) is 6.14. The number of nitrogens with zero attached hydrogens (tertiary/aromatic N) is 3. The van der Waals surface area contributed by atoms with Crippen molar-refractivity contribution in [3.63, 3.8) is 0 Å². The zero-order valence-corrected chi connectivity index (χ0v) is 12.7. The monoisotopic (exact) mass is 306 g/mol. The summed E-state index contributed by atoms with van der Waals surface area (Å²) in [5.41, 5.74) is 8.36. The Balaban J connectivity index is 2.42. The van der Waals surface area contributed by atoms with Crippen molar-refractivity contribution in [3.05, 3.63) is 40.2 Å². The molecule has 0 saturated carbocycles. The van der Waals surface area contributed by atoms with Crippen LogP contribution in [0.4, 0.5) is 5.82 Å². The third kappa shape index (κ3) is 3.41. The highest BCUT2D eigenvalue weighted by Gasteiger charge is 2.13. The van der Waals surface area contributed by atoms with Crippen LogP contribution < -0.4 is 10.5 Å². The molecular weight excluding hydrogens is 292 g/mol. The van der Waals surface area contributed by atoms with Gasteiger partial charge in [-0.15, -0.1) is 0 Å². The molecule has 2 aromatic rings. The number of aryl methyl sites for hydroxylation is 2. The minimum absolute atomic E-state index is 0.237. The second kappa shape index (κ2) is 6.41. The summed E-state index contributed by atoms with van der Waals surface area (Å²) in [7, 11) is 1.43. The maximum Gasteiger partial charge on any atom is 0.233 e. The van der Waals surface area contributed by atoms with Gasteiger partial charge in [-0.2, -0.15) is 0 Å². The molecule has 7 heteroatoms. The van der Waals surface area contributed by atoms with Crippen molar-refractivity contribution in [2.75, 3.05) is 12.8 Å². The third-order valence-corrected chi connectivity index (χ3v) is 3.22. The van der Waals surface area contributed by atoms with E-state index in [1.807, 2.05) is 26.0 Å². The molecule has 6 nitrogen and oxygen atoms in total. The summed E-state index contributed by atoms with van der Waals surface area (Å²) in [6.45, 7) is 3.95. The zero-order chi connectivity index (χ0) is 15.4. The van der Waals surface area contributed by atoms with Crippen LogP contribution in [0.3, 0.4) is 0 Å². The first-order valence-corrected chi connectivity index (χ1v) is 6.52. The summed E-state index contributed by atoms with van der Waals surface area (Å²) in [6, 6.07) is 3.67. The maximum absolute atomic E-state index is 6.19. The molecular formula is C14H15ClN4O2. The van der Waals surface area contributed by atoms with Crippen molar-refractivity contribution in [3.8, 4) is 11.6 Å². The van der Waals surface area contributed by atoms with Gasteiger partial charge in [0.25, 0.3) is 0 Å². The van der Waals surface area contributed by atoms with E-state index in [0.29, 0.717) is 16.3 Å². The zero-order valence-electron chi connectivity index (χ0n) is 11.9. The molecule has 21 heavy (non-hydrogen) atoms. The molecule has 0 unspecified atom stereocenters. The Bertz CT molecular complexity index is 689. The van der Waals surface area contributed by atoms with Crippen molar-refractivity contribution in [1.29, 1.82) is 0 Å². The molecule has 0 spiro atoms. The van der Waals surface area contributed by atoms with Gasteiger partial charge in [0.1, 0.15) is 30.6 Å². The third-order valence-electron chi connectivity index (χ3n) is 2.92. The predicted octanol–water partition coefficient (Wildman–Crippen LogP) is 3.10. The Morgan fingerprint density at radius 3 is 2.67 bits per heavy atom. The molecule has 0 amide bonds. The van der Waals surface area contributed by atoms with Gasteiger partial charge in [-0.1, -0.05) is 16.8 Å². The lowest BCUT2D eigenvalue weighted by Crippen LogP contribution is -2.02. The number of hydrogen-bond acceptors (Lipinski definition) is 6. The number of benzene rings is 1. The fourth-order valence-electron chi connectivity index (χ4n) is 1.64. The fourth-order valence-corrected chi connectivity index (χ4v) is 1.89. The number of oxime groups is 1. The lowest BCUT2D eigenvalue weighted by Gasteiger charge is -2.11. The average Bonchev–Trinajstić information content (AvgIpc) is 2.44. The van der Waals surface area contributed by atoms with Crippen LogP contribution in [0.25, 0.3) is 0 Å². The summed E-state index contributed by atoms with van der Waals surface area (Å²) in [4.78, 5) is 12.6. The molecule has 1 aromatic heterocycles. The van der Waals surface area contributed by atoms with Crippen LogP contribution in [0.1, 0.15) is 16.7 Å². The minimum Gasteiger partial charge on any atom is -0.437 e. The van der Waals surface area contributed by atoms with Gasteiger partial charge in [-0.25, -0.2) is 9.97 Å². The summed E-state index contributed by atoms with van der Waals surface area (Å²) < 4.78 is 5.74. The van der Waals surface area contributed by atoms with Gasteiger partial charge < -0.3 is 15.3 Å². The largest absolute Gasteiger partial charge is 0.437 e. The van der Waals surface area contributed by atoms with Crippen LogP contribution >= 0.6 is 11.6 Å². The molecule has 0 bridgehead atoms. The van der Waals surface area contributed by atoms with E-state index in [1.54, 1.807) is 0 Å². The number of anilines is 1. The lowest BCUT2D eigenvalue weighted by atomic mass is 10.1. The molecule has 0 fully saturated rings. The molecule has 0 aliphatic rings. The molecule has 0 radical (unpaired) electrons. The van der Waals surface area contributed by atoms with E-state index in [2.05, 4.69) is 20.0 Å². The first-order chi connectivity index (χ1) is 10.0. The smallest absolute Gasteiger partial charge is 0.233 e. The summed E-state index contributed by atoms with van der Waals surface area (Å²) in [5, 5.41) is 4.15. The van der Waals surface area contributed by atoms with E-state index in [1.165, 1.54) is 19.7 Å². The summed E-state index contributed by atoms with van der Waals surface area (Å²) in [6.07, 6.45) is 2.70. The standard InChI is InChI=1S/C14H15ClN4O2/c1-8-4-11(15)12(5-9(8)2)21-14-10(6-19-20-3)13(16)17-7-18-14/h4-7H,1-3H3,(H2,16,17,18). The molecule has 2 N–H and O–H groups in total. The Kier molecular flexibility index (Phi) is 4.59. The van der Waals surface area contributed by atoms with E-state index in [4.69, 9.17) is 22.1 Å². The second-order valence-corrected chi connectivity index (χ2v) is 4.77. The second-order valence-electron chi connectivity index (χ2n) is 4.36. The molecule has 2 rings (SSSR count). The van der Waals surface area contributed by atoms with Crippen LogP contribution in [0.2, 0.25) is 5.02 Å². The van der Waals surface area contributed by atoms with E-state index in [0.717, 1.165) is 11.1 Å². The molecule has 1 heterocycles. The van der Waals surface area contributed by atoms with Crippen molar-refractivity contribution in [1.82, 2.24) is 9.97 Å². The summed E-state index contributed by atoms with van der Waals surface area (Å²) in [5.74, 6) is 0.985. The molecule has 0 atom stereocenters. The van der Waals surface area contributed by atoms with Gasteiger partial charge in [0.2, 0.25) is 5.88 Å². The first kappa shape index (κ1) is 15.1. The SMILES string of the molecule is CON=Cc1c(N)ncnc1Oc1cc(C)c(C)cc1Cl. The Hall–Kier alpha value is -2.34. The van der Waals surface area contributed by atoms with Crippen LogP contribution in [0.15, 0.2) is 23.6 Å². The number of hydrogen-bond donors (Lipinski definition) is 1. The van der Waals surface area contributed by atoms with Crippen molar-refractivity contribution >= 4 is 23.6 Å². The Morgan fingerprint density at radius 2 is 1.95 bits per heavy atom. The predicted molar refractivity (Wildman–Crippen MR) is 82.0 cm³/mol. The van der Waals surface area contributed by atoms with Gasteiger partial charge in [-0.3, -0.25) is 0 Å². The quantitative estimate of drug-likeness (QED) is 0.693. The van der Waals surface area contributed by atoms with Crippen LogP contribution in [0.5, 0.6) is 11.6 Å². The molecule has 0 saturated heterocycles. The number of nitrogens with two attached hydrogens (primary N) is 1. The van der Waals surface area contributed by atoms with Crippen molar-refractivity contribution in [2.24, 2.45) is 5.16 Å². The van der Waals surface area contributed by atoms with Gasteiger partial charge >= 0.3 is 0 Å². The van der Waals surface area contributed by atoms with Crippen LogP contribution in [0, 0.1) is 13.8 Å². The van der Waals surface area contributed by atoms with Gasteiger partial charge in [-0.05, 0) is 37.1 Å². The number of nitrogen functional groups attached to an aromatic ring is 1. The Labute approximate surface area is 127 Å². The highest BCUT2D eigenvalue weighted by Crippen LogP contribution is 2.32. The normalized spacial score (nSPS) is 10.9. The maximum atomic E-state index is 6.19. The average molecular weight is 307 g/mol. The van der Waals surface area contributed by atoms with Gasteiger partial charge in [0.05, 0.1) is 11.2 Å². The molecule has 0 aliphatic heterocycles. The van der Waals surface area contributed by atoms with Gasteiger partial charge in [0, 0.05) is 0 Å². The molecule has 0 aliphatic carbocycles.